The maximum Gasteiger partial charge on any atom is 0.178 e. The van der Waals surface area contributed by atoms with Crippen molar-refractivity contribution >= 4 is 32.6 Å². The Balaban J connectivity index is 2.53. The van der Waals surface area contributed by atoms with Crippen molar-refractivity contribution in [2.24, 2.45) is 0 Å². The smallest absolute Gasteiger partial charge is 0.178 e. The molecule has 0 bridgehead atoms. The highest BCUT2D eigenvalue weighted by Crippen LogP contribution is 2.24. The molecule has 0 unspecified atom stereocenters. The molecular weight excluding hydrogens is 270 g/mol. The number of aromatic nitrogens is 1. The highest BCUT2D eigenvalue weighted by Gasteiger charge is 2.16. The van der Waals surface area contributed by atoms with Crippen LogP contribution in [0.4, 0.5) is 0 Å². The summed E-state index contributed by atoms with van der Waals surface area (Å²) in [5.41, 5.74) is 1.62. The Bertz CT molecular complexity index is 531. The number of rotatable bonds is 3. The van der Waals surface area contributed by atoms with E-state index in [1.807, 2.05) is 25.1 Å². The molecule has 1 heterocycles. The first-order valence-corrected chi connectivity index (χ1v) is 5.88. The van der Waals surface area contributed by atoms with Gasteiger partial charge in [0.2, 0.25) is 0 Å². The van der Waals surface area contributed by atoms with Gasteiger partial charge in [0.1, 0.15) is 5.75 Å². The second-order valence-electron chi connectivity index (χ2n) is 3.59. The Hall–Kier alpha value is -1.29. The van der Waals surface area contributed by atoms with Crippen LogP contribution in [0.25, 0.3) is 10.9 Å². The number of fused-ring (bicyclic) bond motifs is 1. The highest BCUT2D eigenvalue weighted by molar-refractivity contribution is 9.10. The van der Waals surface area contributed by atoms with Gasteiger partial charge in [0, 0.05) is 28.7 Å². The van der Waals surface area contributed by atoms with Crippen LogP contribution in [0.1, 0.15) is 17.3 Å². The molecule has 84 valence electrons. The van der Waals surface area contributed by atoms with Crippen LogP contribution >= 0.6 is 15.9 Å². The molecule has 16 heavy (non-hydrogen) atoms. The lowest BCUT2D eigenvalue weighted by molar-refractivity contribution is 0.0997. The maximum absolute atomic E-state index is 11.9. The first kappa shape index (κ1) is 11.2. The van der Waals surface area contributed by atoms with Gasteiger partial charge in [0.05, 0.1) is 11.9 Å². The standard InChI is InChI=1S/C12H12BrNO2/c1-7(13)12(15)10-6-14-11-5-8(16-2)3-4-9(10)11/h3-7,14H,1-2H3/t7-/m0/s1. The number of carbonyl (C=O) groups excluding carboxylic acids is 1. The van der Waals surface area contributed by atoms with E-state index in [-0.39, 0.29) is 10.6 Å². The second kappa shape index (κ2) is 4.29. The normalized spacial score (nSPS) is 12.7. The summed E-state index contributed by atoms with van der Waals surface area (Å²) in [6.45, 7) is 1.82. The van der Waals surface area contributed by atoms with Crippen molar-refractivity contribution in [3.63, 3.8) is 0 Å². The summed E-state index contributed by atoms with van der Waals surface area (Å²) in [5, 5.41) is 0.928. The van der Waals surface area contributed by atoms with Gasteiger partial charge in [-0.3, -0.25) is 4.79 Å². The molecule has 1 atom stereocenters. The minimum Gasteiger partial charge on any atom is -0.497 e. The van der Waals surface area contributed by atoms with Gasteiger partial charge in [-0.1, -0.05) is 15.9 Å². The zero-order valence-electron chi connectivity index (χ0n) is 9.08. The molecule has 4 heteroatoms. The van der Waals surface area contributed by atoms with E-state index in [1.165, 1.54) is 0 Å². The Labute approximate surface area is 102 Å². The minimum atomic E-state index is -0.173. The molecule has 0 radical (unpaired) electrons. The van der Waals surface area contributed by atoms with Crippen LogP contribution in [-0.2, 0) is 0 Å². The molecule has 0 saturated carbocycles. The first-order chi connectivity index (χ1) is 7.63. The van der Waals surface area contributed by atoms with E-state index in [0.29, 0.717) is 5.56 Å². The first-order valence-electron chi connectivity index (χ1n) is 4.97. The average molecular weight is 282 g/mol. The van der Waals surface area contributed by atoms with E-state index in [1.54, 1.807) is 13.3 Å². The molecule has 0 amide bonds. The van der Waals surface area contributed by atoms with Crippen molar-refractivity contribution in [3.8, 4) is 5.75 Å². The largest absolute Gasteiger partial charge is 0.497 e. The zero-order chi connectivity index (χ0) is 11.7. The molecule has 1 aromatic heterocycles. The van der Waals surface area contributed by atoms with Gasteiger partial charge in [-0.2, -0.15) is 0 Å². The molecular formula is C12H12BrNO2. The molecule has 1 aromatic carbocycles. The van der Waals surface area contributed by atoms with Crippen LogP contribution in [0, 0.1) is 0 Å². The second-order valence-corrected chi connectivity index (χ2v) is 4.97. The topological polar surface area (TPSA) is 42.1 Å². The van der Waals surface area contributed by atoms with E-state index in [4.69, 9.17) is 4.74 Å². The van der Waals surface area contributed by atoms with Crippen molar-refractivity contribution in [3.05, 3.63) is 30.0 Å². The van der Waals surface area contributed by atoms with Gasteiger partial charge in [0.25, 0.3) is 0 Å². The number of aromatic amines is 1. The van der Waals surface area contributed by atoms with Crippen LogP contribution in [0.3, 0.4) is 0 Å². The zero-order valence-corrected chi connectivity index (χ0v) is 10.7. The molecule has 0 fully saturated rings. The maximum atomic E-state index is 11.9. The van der Waals surface area contributed by atoms with E-state index in [9.17, 15) is 4.79 Å². The summed E-state index contributed by atoms with van der Waals surface area (Å²) in [4.78, 5) is 14.8. The molecule has 1 N–H and O–H groups in total. The molecule has 0 aliphatic carbocycles. The number of hydrogen-bond acceptors (Lipinski definition) is 2. The fourth-order valence-electron chi connectivity index (χ4n) is 1.65. The number of carbonyl (C=O) groups is 1. The van der Waals surface area contributed by atoms with Crippen molar-refractivity contribution in [2.45, 2.75) is 11.8 Å². The number of ketones is 1. The monoisotopic (exact) mass is 281 g/mol. The Morgan fingerprint density at radius 1 is 1.50 bits per heavy atom. The molecule has 0 aliphatic rings. The minimum absolute atomic E-state index is 0.0800. The van der Waals surface area contributed by atoms with Crippen molar-refractivity contribution in [1.29, 1.82) is 0 Å². The fraction of sp³-hybridized carbons (Fsp3) is 0.250. The summed E-state index contributed by atoms with van der Waals surface area (Å²) in [5.74, 6) is 0.858. The van der Waals surface area contributed by atoms with Gasteiger partial charge in [-0.15, -0.1) is 0 Å². The summed E-state index contributed by atoms with van der Waals surface area (Å²) in [7, 11) is 1.62. The third kappa shape index (κ3) is 1.85. The van der Waals surface area contributed by atoms with Gasteiger partial charge in [-0.25, -0.2) is 0 Å². The summed E-state index contributed by atoms with van der Waals surface area (Å²) < 4.78 is 5.13. The summed E-state index contributed by atoms with van der Waals surface area (Å²) in [6, 6.07) is 5.63. The van der Waals surface area contributed by atoms with Crippen LogP contribution in [0.2, 0.25) is 0 Å². The number of alkyl halides is 1. The summed E-state index contributed by atoms with van der Waals surface area (Å²) in [6.07, 6.45) is 1.74. The number of methoxy groups -OCH3 is 1. The number of benzene rings is 1. The van der Waals surface area contributed by atoms with Crippen LogP contribution < -0.4 is 4.74 Å². The third-order valence-corrected chi connectivity index (χ3v) is 2.93. The number of halogens is 1. The Morgan fingerprint density at radius 2 is 2.25 bits per heavy atom. The predicted octanol–water partition coefficient (Wildman–Crippen LogP) is 3.14. The number of ether oxygens (including phenoxy) is 1. The Morgan fingerprint density at radius 3 is 2.88 bits per heavy atom. The predicted molar refractivity (Wildman–Crippen MR) is 67.6 cm³/mol. The quantitative estimate of drug-likeness (QED) is 0.694. The highest BCUT2D eigenvalue weighted by atomic mass is 79.9. The van der Waals surface area contributed by atoms with Crippen molar-refractivity contribution < 1.29 is 9.53 Å². The number of H-pyrrole nitrogens is 1. The lowest BCUT2D eigenvalue weighted by atomic mass is 10.1. The number of hydrogen-bond donors (Lipinski definition) is 1. The van der Waals surface area contributed by atoms with Gasteiger partial charge < -0.3 is 9.72 Å². The van der Waals surface area contributed by atoms with Crippen LogP contribution in [0.5, 0.6) is 5.75 Å². The van der Waals surface area contributed by atoms with E-state index >= 15 is 0 Å². The van der Waals surface area contributed by atoms with Crippen LogP contribution in [-0.4, -0.2) is 22.7 Å². The molecule has 3 nitrogen and oxygen atoms in total. The van der Waals surface area contributed by atoms with Crippen molar-refractivity contribution in [2.75, 3.05) is 7.11 Å². The van der Waals surface area contributed by atoms with Gasteiger partial charge in [0.15, 0.2) is 5.78 Å². The molecule has 2 aromatic rings. The van der Waals surface area contributed by atoms with Gasteiger partial charge >= 0.3 is 0 Å². The molecule has 2 rings (SSSR count). The number of Topliss-reactive ketones (excluding diaryl/α,β-unsaturated/α-hetero) is 1. The lowest BCUT2D eigenvalue weighted by Gasteiger charge is -2.02. The third-order valence-electron chi connectivity index (χ3n) is 2.52. The lowest BCUT2D eigenvalue weighted by Crippen LogP contribution is -2.08. The molecule has 0 aliphatic heterocycles. The molecule has 0 saturated heterocycles. The number of nitrogens with one attached hydrogen (secondary N) is 1. The Kier molecular flexibility index (Phi) is 3.01. The molecule has 0 spiro atoms. The van der Waals surface area contributed by atoms with E-state index in [2.05, 4.69) is 20.9 Å². The van der Waals surface area contributed by atoms with E-state index < -0.39 is 0 Å². The van der Waals surface area contributed by atoms with Gasteiger partial charge in [-0.05, 0) is 19.1 Å². The van der Waals surface area contributed by atoms with Crippen LogP contribution in [0.15, 0.2) is 24.4 Å². The SMILES string of the molecule is COc1ccc2c(C(=O)[C@H](C)Br)c[nH]c2c1. The van der Waals surface area contributed by atoms with Crippen molar-refractivity contribution in [1.82, 2.24) is 4.98 Å². The fourth-order valence-corrected chi connectivity index (χ4v) is 1.90. The van der Waals surface area contributed by atoms with E-state index in [0.717, 1.165) is 16.7 Å². The summed E-state index contributed by atoms with van der Waals surface area (Å²) >= 11 is 3.29. The average Bonchev–Trinajstić information content (AvgIpc) is 2.70.